The van der Waals surface area contributed by atoms with Crippen molar-refractivity contribution < 1.29 is 156 Å². The van der Waals surface area contributed by atoms with Crippen LogP contribution < -0.4 is 22.7 Å². The Morgan fingerprint density at radius 3 is 1.58 bits per heavy atom. The van der Waals surface area contributed by atoms with Gasteiger partial charge in [-0.15, -0.1) is 0 Å². The first-order chi connectivity index (χ1) is 37.6. The van der Waals surface area contributed by atoms with Crippen LogP contribution in [0.4, 0.5) is 0 Å². The number of aliphatic carboxylic acids is 1. The summed E-state index contributed by atoms with van der Waals surface area (Å²) in [4.78, 5) is 12.8. The Balaban J connectivity index is 1.21. The number of carboxylic acids is 1. The van der Waals surface area contributed by atoms with E-state index in [-0.39, 0.29) is 12.5 Å². The van der Waals surface area contributed by atoms with Gasteiger partial charge in [0.05, 0.1) is 44.1 Å². The summed E-state index contributed by atoms with van der Waals surface area (Å²) in [6.45, 7) is -2.21. The van der Waals surface area contributed by atoms with Crippen LogP contribution in [0.5, 0.6) is 0 Å². The number of aliphatic hydroxyl groups excluding tert-OH is 5. The normalized spacial score (nSPS) is 42.6. The second kappa shape index (κ2) is 28.3. The van der Waals surface area contributed by atoms with Crippen molar-refractivity contribution in [3.8, 4) is 0 Å². The maximum atomic E-state index is 12.8. The summed E-state index contributed by atoms with van der Waals surface area (Å²) in [5.74, 6) is -3.25. The van der Waals surface area contributed by atoms with Crippen LogP contribution in [-0.2, 0) is 115 Å². The van der Waals surface area contributed by atoms with Gasteiger partial charge in [0.25, 0.3) is 0 Å². The average molecular weight is 1270 g/mol. The van der Waals surface area contributed by atoms with Crippen molar-refractivity contribution in [3.05, 3.63) is 5.21 Å². The Bertz CT molecular complexity index is 2510. The Morgan fingerprint density at radius 2 is 1.04 bits per heavy atom. The molecule has 6 rings (SSSR count). The Morgan fingerprint density at radius 1 is 0.531 bits per heavy atom. The topological polar surface area (TPSA) is 608 Å². The number of carbonyl (C=O) groups is 1. The minimum atomic E-state index is -5.68. The second-order valence-corrected chi connectivity index (χ2v) is 23.9. The first-order valence-electron chi connectivity index (χ1n) is 24.4. The Kier molecular flexibility index (Phi) is 23.8. The maximum absolute atomic E-state index is 12.8. The Labute approximate surface area is 462 Å². The molecule has 5 aliphatic heterocycles. The van der Waals surface area contributed by atoms with Crippen molar-refractivity contribution in [1.29, 1.82) is 0 Å². The lowest BCUT2D eigenvalue weighted by Crippen LogP contribution is -2.69. The predicted molar refractivity (Wildman–Crippen MR) is 252 cm³/mol. The van der Waals surface area contributed by atoms with Crippen LogP contribution in [0.2, 0.25) is 0 Å². The van der Waals surface area contributed by atoms with Crippen molar-refractivity contribution in [2.45, 2.75) is 186 Å². The smallest absolute Gasteiger partial charge is 0.397 e. The summed E-state index contributed by atoms with van der Waals surface area (Å²) in [5.41, 5.74) is 20.2. The lowest BCUT2D eigenvalue weighted by atomic mass is 9.88. The highest BCUT2D eigenvalue weighted by Crippen LogP contribution is 2.38. The zero-order chi connectivity index (χ0) is 60.3. The molecule has 39 nitrogen and oxygen atoms in total. The SMILES string of the molecule is CO[C@H]1OC(COS(=O)(=O)O)[C@@H](O[C@@H]2O[C@@H](N[O-])[C@@H](O[C@H]3OC(COS(=O)(=O)O)[C@@H](O[C@@H]4OC(C(=O)O)[C@@H](O[C@H]5OC(COS(=O)(=O)O)[C@@H](O)[C@H](OCC6CCCCC6)C5N)[C@H](O)C4O)[C@H](C)C3N)C(O)C2OS(=O)(=O)O)[C@H](O)C1N. The van der Waals surface area contributed by atoms with E-state index in [2.05, 4.69) is 16.7 Å². The molecule has 0 aromatic carbocycles. The highest BCUT2D eigenvalue weighted by atomic mass is 32.3. The molecule has 10 unspecified atom stereocenters. The molecule has 0 amide bonds. The number of rotatable bonds is 25. The summed E-state index contributed by atoms with van der Waals surface area (Å²) in [5, 5.41) is 79.7. The third kappa shape index (κ3) is 18.1. The van der Waals surface area contributed by atoms with Crippen LogP contribution in [0.3, 0.4) is 0 Å². The van der Waals surface area contributed by atoms with E-state index < -0.39 is 221 Å². The van der Waals surface area contributed by atoms with Gasteiger partial charge in [-0.1, -0.05) is 26.2 Å². The molecule has 0 bridgehead atoms. The van der Waals surface area contributed by atoms with Crippen molar-refractivity contribution >= 4 is 47.6 Å². The zero-order valence-corrected chi connectivity index (χ0v) is 45.7. The third-order valence-electron chi connectivity index (χ3n) is 14.0. The standard InChI is InChI=1S/C38H67N4O35S4/c1-12-17(39)35(74-29-24(47)30(77-81(60,61)62)38(76-32(29)42-50)72-26-16(11-67-80(57,58)59)69-34(63-2)18(40)21(26)44)70-15(10-66-79(54,55)56)25(12)71-37-23(46)22(45)28(31(75-37)33(48)49)73-36-19(41)27(64-8-13-6-4-3-5-7-13)20(43)14(68-36)9-65-78(51,52)53/h12-32,34-38,42-47H,3-11,39-41H2,1-2H3,(H,48,49)(H,51,52,53)(H,54,55,56)(H,57,58,59)(H,60,61,62)/q-1/t12-,14?,15?,16?,17?,18?,19?,20-,21-,22-,23?,24?,25+,26-,27-,28+,29+,30?,31?,32-,34+,35-,36-,37-,38-/m1/s1. The van der Waals surface area contributed by atoms with E-state index in [9.17, 15) is 92.5 Å². The molecular weight excluding hydrogens is 1200 g/mol. The number of aliphatic hydroxyl groups is 5. The second-order valence-electron chi connectivity index (χ2n) is 19.5. The van der Waals surface area contributed by atoms with Gasteiger partial charge in [-0.3, -0.25) is 18.2 Å². The van der Waals surface area contributed by atoms with Crippen LogP contribution in [0.15, 0.2) is 0 Å². The number of ether oxygens (including phenoxy) is 11. The molecule has 0 aromatic heterocycles. The van der Waals surface area contributed by atoms with E-state index in [4.69, 9.17) is 69.3 Å². The van der Waals surface area contributed by atoms with Crippen LogP contribution in [0.25, 0.3) is 0 Å². The number of nitrogens with two attached hydrogens (primary N) is 3. The predicted octanol–water partition coefficient (Wildman–Crippen LogP) is -8.04. The summed E-state index contributed by atoms with van der Waals surface area (Å²) in [6.07, 6.45) is -39.3. The van der Waals surface area contributed by atoms with Gasteiger partial charge in [0.15, 0.2) is 43.7 Å². The van der Waals surface area contributed by atoms with E-state index in [1.54, 1.807) is 0 Å². The molecule has 81 heavy (non-hydrogen) atoms. The zero-order valence-electron chi connectivity index (χ0n) is 42.4. The van der Waals surface area contributed by atoms with Gasteiger partial charge in [-0.25, -0.2) is 21.5 Å². The van der Waals surface area contributed by atoms with Gasteiger partial charge >= 0.3 is 47.6 Å². The minimum Gasteiger partial charge on any atom is -0.786 e. The molecule has 5 heterocycles. The number of hydrogen-bond acceptors (Lipinski definition) is 34. The van der Waals surface area contributed by atoms with Crippen LogP contribution in [0, 0.1) is 17.0 Å². The summed E-state index contributed by atoms with van der Waals surface area (Å²) >= 11 is 0. The van der Waals surface area contributed by atoms with E-state index in [0.717, 1.165) is 39.2 Å². The molecule has 25 atom stereocenters. The first-order valence-corrected chi connectivity index (χ1v) is 29.9. The molecule has 17 N–H and O–H groups in total. The van der Waals surface area contributed by atoms with Gasteiger partial charge in [0.2, 0.25) is 0 Å². The van der Waals surface area contributed by atoms with Gasteiger partial charge in [0.1, 0.15) is 79.5 Å². The molecule has 0 aromatic rings. The number of hydrogen-bond donors (Lipinski definition) is 14. The van der Waals surface area contributed by atoms with Gasteiger partial charge in [-0.05, 0) is 18.8 Å². The molecule has 1 aliphatic carbocycles. The highest BCUT2D eigenvalue weighted by Gasteiger charge is 2.58. The van der Waals surface area contributed by atoms with Gasteiger partial charge in [0, 0.05) is 19.6 Å². The minimum absolute atomic E-state index is 0.0239. The van der Waals surface area contributed by atoms with Crippen LogP contribution in [-0.4, -0.2) is 269 Å². The molecule has 6 aliphatic rings. The van der Waals surface area contributed by atoms with Crippen molar-refractivity contribution in [2.24, 2.45) is 29.0 Å². The monoisotopic (exact) mass is 1270 g/mol. The third-order valence-corrected chi connectivity index (χ3v) is 15.8. The highest BCUT2D eigenvalue weighted by molar-refractivity contribution is 7.81. The van der Waals surface area contributed by atoms with Crippen LogP contribution >= 0.6 is 0 Å². The quantitative estimate of drug-likeness (QED) is 0.0298. The summed E-state index contributed by atoms with van der Waals surface area (Å²) in [7, 11) is -20.3. The van der Waals surface area contributed by atoms with Gasteiger partial charge < -0.3 is 111 Å². The average Bonchev–Trinajstić information content (AvgIpc) is 3.54. The lowest BCUT2D eigenvalue weighted by Gasteiger charge is -2.51. The fourth-order valence-electron chi connectivity index (χ4n) is 9.88. The molecule has 474 valence electrons. The molecule has 0 spiro atoms. The maximum Gasteiger partial charge on any atom is 0.397 e. The summed E-state index contributed by atoms with van der Waals surface area (Å²) in [6, 6.07) is -4.76. The molecule has 0 radical (unpaired) electrons. The Hall–Kier alpha value is -1.89. The van der Waals surface area contributed by atoms with Crippen molar-refractivity contribution in [3.63, 3.8) is 0 Å². The fourth-order valence-corrected chi connectivity index (χ4v) is 11.3. The van der Waals surface area contributed by atoms with Crippen molar-refractivity contribution in [2.75, 3.05) is 33.5 Å². The van der Waals surface area contributed by atoms with E-state index >= 15 is 0 Å². The number of hydroxylamine groups is 1. The van der Waals surface area contributed by atoms with Crippen molar-refractivity contribution in [1.82, 2.24) is 5.48 Å². The van der Waals surface area contributed by atoms with E-state index in [1.165, 1.54) is 12.4 Å². The number of carboxylic acid groups (broad SMARTS) is 1. The molecule has 43 heteroatoms. The fraction of sp³-hybridized carbons (Fsp3) is 0.974. The molecule has 5 saturated heterocycles. The van der Waals surface area contributed by atoms with E-state index in [1.807, 2.05) is 0 Å². The molecule has 1 saturated carbocycles. The lowest BCUT2D eigenvalue weighted by molar-refractivity contribution is -0.373. The van der Waals surface area contributed by atoms with Crippen LogP contribution in [0.1, 0.15) is 39.0 Å². The summed E-state index contributed by atoms with van der Waals surface area (Å²) < 4.78 is 212. The molecule has 6 fully saturated rings. The molecular formula is C38H67N4O35S4-. The first kappa shape index (κ1) is 68.2. The largest absolute Gasteiger partial charge is 0.786 e. The number of methoxy groups -OCH3 is 1. The number of nitrogens with one attached hydrogen (secondary N) is 1. The van der Waals surface area contributed by atoms with E-state index in [0.29, 0.717) is 0 Å². The van der Waals surface area contributed by atoms with Gasteiger partial charge in [-0.2, -0.15) is 33.7 Å².